The van der Waals surface area contributed by atoms with Gasteiger partial charge in [0.15, 0.2) is 5.16 Å². The first-order valence-electron chi connectivity index (χ1n) is 5.95. The summed E-state index contributed by atoms with van der Waals surface area (Å²) in [5, 5.41) is 10.3. The van der Waals surface area contributed by atoms with E-state index in [9.17, 15) is 4.79 Å². The van der Waals surface area contributed by atoms with Crippen molar-refractivity contribution >= 4 is 28.8 Å². The Morgan fingerprint density at radius 2 is 2.15 bits per heavy atom. The zero-order chi connectivity index (χ0) is 14.1. The first-order chi connectivity index (χ1) is 9.61. The number of aromatic amines is 1. The third kappa shape index (κ3) is 2.50. The fourth-order valence-electron chi connectivity index (χ4n) is 1.85. The van der Waals surface area contributed by atoms with E-state index in [4.69, 9.17) is 5.11 Å². The van der Waals surface area contributed by atoms with Gasteiger partial charge in [-0.3, -0.25) is 0 Å². The Balaban J connectivity index is 1.92. The largest absolute Gasteiger partial charge is 0.478 e. The van der Waals surface area contributed by atoms with Gasteiger partial charge in [0.1, 0.15) is 5.03 Å². The van der Waals surface area contributed by atoms with Gasteiger partial charge >= 0.3 is 5.97 Å². The van der Waals surface area contributed by atoms with Crippen molar-refractivity contribution in [2.45, 2.75) is 17.1 Å². The summed E-state index contributed by atoms with van der Waals surface area (Å²) in [6.45, 7) is 2.02. The zero-order valence-electron chi connectivity index (χ0n) is 10.6. The number of carbonyl (C=O) groups is 1. The molecule has 3 aromatic rings. The average Bonchev–Trinajstić information content (AvgIpc) is 2.80. The van der Waals surface area contributed by atoms with E-state index in [1.54, 1.807) is 0 Å². The Morgan fingerprint density at radius 3 is 2.95 bits per heavy atom. The number of carboxylic acids is 1. The molecular weight excluding hydrogens is 274 g/mol. The van der Waals surface area contributed by atoms with Crippen LogP contribution in [0.1, 0.15) is 15.9 Å². The lowest BCUT2D eigenvalue weighted by Crippen LogP contribution is -1.96. The quantitative estimate of drug-likeness (QED) is 0.773. The minimum Gasteiger partial charge on any atom is -0.478 e. The molecular formula is C14H11N3O2S. The van der Waals surface area contributed by atoms with Crippen molar-refractivity contribution in [2.75, 3.05) is 0 Å². The average molecular weight is 285 g/mol. The Hall–Kier alpha value is -2.34. The minimum atomic E-state index is -0.963. The standard InChI is InChI=1S/C14H11N3O2S/c1-8-2-3-10-11(6-8)17-14(16-10)20-12-7-9(13(18)19)4-5-15-12/h2-7H,1H3,(H,16,17)(H,18,19). The van der Waals surface area contributed by atoms with Crippen LogP contribution in [0.15, 0.2) is 46.7 Å². The first-order valence-corrected chi connectivity index (χ1v) is 6.77. The van der Waals surface area contributed by atoms with E-state index in [1.165, 1.54) is 30.1 Å². The van der Waals surface area contributed by atoms with Crippen molar-refractivity contribution in [3.8, 4) is 0 Å². The summed E-state index contributed by atoms with van der Waals surface area (Å²) in [6, 6.07) is 8.97. The summed E-state index contributed by atoms with van der Waals surface area (Å²) in [5.74, 6) is -0.963. The number of rotatable bonds is 3. The molecule has 0 atom stereocenters. The van der Waals surface area contributed by atoms with Crippen LogP contribution in [-0.2, 0) is 0 Å². The number of fused-ring (bicyclic) bond motifs is 1. The van der Waals surface area contributed by atoms with Crippen molar-refractivity contribution in [3.05, 3.63) is 47.7 Å². The molecule has 0 radical (unpaired) electrons. The highest BCUT2D eigenvalue weighted by atomic mass is 32.2. The lowest BCUT2D eigenvalue weighted by Gasteiger charge is -1.98. The van der Waals surface area contributed by atoms with Gasteiger partial charge in [0.2, 0.25) is 0 Å². The Morgan fingerprint density at radius 1 is 1.30 bits per heavy atom. The van der Waals surface area contributed by atoms with Crippen molar-refractivity contribution < 1.29 is 9.90 Å². The number of imidazole rings is 1. The summed E-state index contributed by atoms with van der Waals surface area (Å²) in [6.07, 6.45) is 1.48. The summed E-state index contributed by atoms with van der Waals surface area (Å²) < 4.78 is 0. The second-order valence-electron chi connectivity index (χ2n) is 4.35. The van der Waals surface area contributed by atoms with Gasteiger partial charge in [0.05, 0.1) is 16.6 Å². The lowest BCUT2D eigenvalue weighted by atomic mass is 10.2. The number of H-pyrrole nitrogens is 1. The monoisotopic (exact) mass is 285 g/mol. The first kappa shape index (κ1) is 12.7. The van der Waals surface area contributed by atoms with E-state index < -0.39 is 5.97 Å². The van der Waals surface area contributed by atoms with Crippen molar-refractivity contribution in [1.82, 2.24) is 15.0 Å². The summed E-state index contributed by atoms with van der Waals surface area (Å²) in [7, 11) is 0. The van der Waals surface area contributed by atoms with Crippen LogP contribution in [0.5, 0.6) is 0 Å². The molecule has 0 unspecified atom stereocenters. The molecule has 0 fully saturated rings. The number of nitrogens with one attached hydrogen (secondary N) is 1. The highest BCUT2D eigenvalue weighted by molar-refractivity contribution is 7.99. The number of hydrogen-bond acceptors (Lipinski definition) is 4. The maximum Gasteiger partial charge on any atom is 0.335 e. The highest BCUT2D eigenvalue weighted by Crippen LogP contribution is 2.26. The van der Waals surface area contributed by atoms with Crippen molar-refractivity contribution in [3.63, 3.8) is 0 Å². The molecule has 0 saturated carbocycles. The molecule has 0 spiro atoms. The zero-order valence-corrected chi connectivity index (χ0v) is 11.4. The van der Waals surface area contributed by atoms with Crippen LogP contribution in [0.3, 0.4) is 0 Å². The predicted molar refractivity (Wildman–Crippen MR) is 76.2 cm³/mol. The van der Waals surface area contributed by atoms with Crippen molar-refractivity contribution in [2.24, 2.45) is 0 Å². The van der Waals surface area contributed by atoms with Gasteiger partial charge in [0.25, 0.3) is 0 Å². The number of aromatic nitrogens is 3. The molecule has 6 heteroatoms. The molecule has 2 N–H and O–H groups in total. The molecule has 100 valence electrons. The SMILES string of the molecule is Cc1ccc2nc(Sc3cc(C(=O)O)ccn3)[nH]c2c1. The number of aromatic carboxylic acids is 1. The van der Waals surface area contributed by atoms with Gasteiger partial charge in [-0.2, -0.15) is 0 Å². The Kier molecular flexibility index (Phi) is 3.15. The van der Waals surface area contributed by atoms with Gasteiger partial charge < -0.3 is 10.1 Å². The van der Waals surface area contributed by atoms with E-state index >= 15 is 0 Å². The van der Waals surface area contributed by atoms with E-state index in [-0.39, 0.29) is 5.56 Å². The van der Waals surface area contributed by atoms with Gasteiger partial charge in [0, 0.05) is 6.20 Å². The van der Waals surface area contributed by atoms with Crippen LogP contribution < -0.4 is 0 Å². The molecule has 5 nitrogen and oxygen atoms in total. The van der Waals surface area contributed by atoms with Crippen LogP contribution in [0.4, 0.5) is 0 Å². The number of carboxylic acid groups (broad SMARTS) is 1. The number of pyridine rings is 1. The van der Waals surface area contributed by atoms with Gasteiger partial charge in [-0.25, -0.2) is 14.8 Å². The minimum absolute atomic E-state index is 0.217. The maximum atomic E-state index is 10.9. The van der Waals surface area contributed by atoms with Crippen LogP contribution in [0.25, 0.3) is 11.0 Å². The van der Waals surface area contributed by atoms with Gasteiger partial charge in [-0.05, 0) is 48.5 Å². The molecule has 0 saturated heterocycles. The molecule has 20 heavy (non-hydrogen) atoms. The highest BCUT2D eigenvalue weighted by Gasteiger charge is 2.08. The van der Waals surface area contributed by atoms with E-state index in [0.717, 1.165) is 16.6 Å². The fourth-order valence-corrected chi connectivity index (χ4v) is 2.65. The topological polar surface area (TPSA) is 78.9 Å². The molecule has 2 aromatic heterocycles. The smallest absolute Gasteiger partial charge is 0.335 e. The van der Waals surface area contributed by atoms with Gasteiger partial charge in [-0.15, -0.1) is 0 Å². The summed E-state index contributed by atoms with van der Waals surface area (Å²) >= 11 is 1.31. The Bertz CT molecular complexity index is 798. The maximum absolute atomic E-state index is 10.9. The number of nitrogens with zero attached hydrogens (tertiary/aromatic N) is 2. The fraction of sp³-hybridized carbons (Fsp3) is 0.0714. The predicted octanol–water partition coefficient (Wildman–Crippen LogP) is 3.12. The van der Waals surface area contributed by atoms with Crippen molar-refractivity contribution in [1.29, 1.82) is 0 Å². The molecule has 2 heterocycles. The molecule has 0 bridgehead atoms. The van der Waals surface area contributed by atoms with Gasteiger partial charge in [-0.1, -0.05) is 6.07 Å². The summed E-state index contributed by atoms with van der Waals surface area (Å²) in [5.41, 5.74) is 3.22. The van der Waals surface area contributed by atoms with E-state index in [0.29, 0.717) is 10.2 Å². The molecule has 1 aromatic carbocycles. The molecule has 0 amide bonds. The number of aryl methyl sites for hydroxylation is 1. The normalized spacial score (nSPS) is 10.8. The third-order valence-electron chi connectivity index (χ3n) is 2.80. The Labute approximate surface area is 119 Å². The van der Waals surface area contributed by atoms with Crippen LogP contribution in [0.2, 0.25) is 0 Å². The van der Waals surface area contributed by atoms with Crippen LogP contribution in [-0.4, -0.2) is 26.0 Å². The second kappa shape index (κ2) is 4.97. The van der Waals surface area contributed by atoms with Crippen LogP contribution in [0, 0.1) is 6.92 Å². The van der Waals surface area contributed by atoms with Crippen LogP contribution >= 0.6 is 11.8 Å². The van der Waals surface area contributed by atoms with E-state index in [1.807, 2.05) is 25.1 Å². The number of benzene rings is 1. The molecule has 0 aliphatic heterocycles. The van der Waals surface area contributed by atoms with E-state index in [2.05, 4.69) is 15.0 Å². The lowest BCUT2D eigenvalue weighted by molar-refractivity contribution is 0.0696. The molecule has 0 aliphatic rings. The third-order valence-corrected chi connectivity index (χ3v) is 3.62. The number of hydrogen-bond donors (Lipinski definition) is 2. The molecule has 3 rings (SSSR count). The second-order valence-corrected chi connectivity index (χ2v) is 5.36. The summed E-state index contributed by atoms with van der Waals surface area (Å²) in [4.78, 5) is 22.7. The molecule has 0 aliphatic carbocycles.